The maximum atomic E-state index is 8.33. The van der Waals surface area contributed by atoms with E-state index in [2.05, 4.69) is 10.3 Å². The number of nitrogens with one attached hydrogen (secondary N) is 1. The molecule has 0 aliphatic heterocycles. The first-order chi connectivity index (χ1) is 5.84. The predicted molar refractivity (Wildman–Crippen MR) is 46.3 cm³/mol. The van der Waals surface area contributed by atoms with Crippen molar-refractivity contribution in [1.29, 1.82) is 5.26 Å². The van der Waals surface area contributed by atoms with Crippen LogP contribution in [0, 0.1) is 11.3 Å². The molecule has 12 heavy (non-hydrogen) atoms. The molecule has 3 nitrogen and oxygen atoms in total. The second kappa shape index (κ2) is 4.47. The minimum atomic E-state index is 0.193. The normalized spacial score (nSPS) is 12.0. The summed E-state index contributed by atoms with van der Waals surface area (Å²) >= 11 is 0. The van der Waals surface area contributed by atoms with Gasteiger partial charge in [0.15, 0.2) is 0 Å². The van der Waals surface area contributed by atoms with Crippen LogP contribution in [0.4, 0.5) is 0 Å². The maximum Gasteiger partial charge on any atom is 0.0845 e. The third kappa shape index (κ3) is 2.33. The number of nitrogens with zero attached hydrogens (tertiary/aromatic N) is 2. The Balaban J connectivity index is 2.55. The Bertz CT molecular complexity index is 263. The van der Waals surface area contributed by atoms with Crippen molar-refractivity contribution in [2.75, 3.05) is 6.54 Å². The molecule has 0 bridgehead atoms. The average molecular weight is 161 g/mol. The first-order valence-corrected chi connectivity index (χ1v) is 3.85. The molecule has 62 valence electrons. The molecule has 0 aliphatic rings. The quantitative estimate of drug-likeness (QED) is 0.679. The van der Waals surface area contributed by atoms with Gasteiger partial charge in [-0.3, -0.25) is 10.3 Å². The molecule has 1 atom stereocenters. The lowest BCUT2D eigenvalue weighted by molar-refractivity contribution is 0.619. The Hall–Kier alpha value is -1.40. The SMILES string of the molecule is C[C@H](NCC#N)c1cccnc1. The van der Waals surface area contributed by atoms with E-state index in [1.807, 2.05) is 25.1 Å². The number of hydrogen-bond acceptors (Lipinski definition) is 3. The van der Waals surface area contributed by atoms with E-state index in [1.165, 1.54) is 0 Å². The van der Waals surface area contributed by atoms with Crippen molar-refractivity contribution in [3.05, 3.63) is 30.1 Å². The summed E-state index contributed by atoms with van der Waals surface area (Å²) in [6.07, 6.45) is 3.54. The molecule has 0 aromatic carbocycles. The highest BCUT2D eigenvalue weighted by atomic mass is 14.9. The molecular formula is C9H11N3. The summed E-state index contributed by atoms with van der Waals surface area (Å²) in [6, 6.07) is 6.11. The topological polar surface area (TPSA) is 48.7 Å². The minimum Gasteiger partial charge on any atom is -0.298 e. The van der Waals surface area contributed by atoms with Crippen LogP contribution in [0.3, 0.4) is 0 Å². The fraction of sp³-hybridized carbons (Fsp3) is 0.333. The van der Waals surface area contributed by atoms with Gasteiger partial charge in [-0.15, -0.1) is 0 Å². The second-order valence-corrected chi connectivity index (χ2v) is 2.55. The third-order valence-corrected chi connectivity index (χ3v) is 1.67. The van der Waals surface area contributed by atoms with Crippen molar-refractivity contribution in [2.45, 2.75) is 13.0 Å². The zero-order valence-electron chi connectivity index (χ0n) is 6.99. The van der Waals surface area contributed by atoms with Gasteiger partial charge in [-0.05, 0) is 18.6 Å². The second-order valence-electron chi connectivity index (χ2n) is 2.55. The summed E-state index contributed by atoms with van der Waals surface area (Å²) in [6.45, 7) is 2.38. The molecule has 0 aliphatic carbocycles. The van der Waals surface area contributed by atoms with Crippen molar-refractivity contribution in [3.63, 3.8) is 0 Å². The molecule has 1 rings (SSSR count). The van der Waals surface area contributed by atoms with Gasteiger partial charge < -0.3 is 0 Å². The third-order valence-electron chi connectivity index (χ3n) is 1.67. The fourth-order valence-electron chi connectivity index (χ4n) is 0.949. The van der Waals surface area contributed by atoms with Gasteiger partial charge in [0, 0.05) is 18.4 Å². The molecular weight excluding hydrogens is 150 g/mol. The molecule has 0 fully saturated rings. The number of rotatable bonds is 3. The van der Waals surface area contributed by atoms with E-state index in [0.717, 1.165) is 5.56 Å². The van der Waals surface area contributed by atoms with Gasteiger partial charge in [-0.25, -0.2) is 0 Å². The van der Waals surface area contributed by atoms with E-state index in [-0.39, 0.29) is 6.04 Å². The first-order valence-electron chi connectivity index (χ1n) is 3.85. The van der Waals surface area contributed by atoms with Crippen LogP contribution in [0.1, 0.15) is 18.5 Å². The molecule has 3 heteroatoms. The smallest absolute Gasteiger partial charge is 0.0845 e. The van der Waals surface area contributed by atoms with Crippen LogP contribution < -0.4 is 5.32 Å². The van der Waals surface area contributed by atoms with Gasteiger partial charge in [0.2, 0.25) is 0 Å². The molecule has 1 N–H and O–H groups in total. The maximum absolute atomic E-state index is 8.33. The van der Waals surface area contributed by atoms with E-state index in [9.17, 15) is 0 Å². The van der Waals surface area contributed by atoms with Gasteiger partial charge in [0.25, 0.3) is 0 Å². The van der Waals surface area contributed by atoms with Crippen molar-refractivity contribution in [1.82, 2.24) is 10.3 Å². The summed E-state index contributed by atoms with van der Waals surface area (Å²) in [7, 11) is 0. The Morgan fingerprint density at radius 1 is 1.75 bits per heavy atom. The Labute approximate surface area is 72.1 Å². The molecule has 0 amide bonds. The van der Waals surface area contributed by atoms with Crippen molar-refractivity contribution in [3.8, 4) is 6.07 Å². The summed E-state index contributed by atoms with van der Waals surface area (Å²) in [5, 5.41) is 11.4. The van der Waals surface area contributed by atoms with Crippen molar-refractivity contribution < 1.29 is 0 Å². The largest absolute Gasteiger partial charge is 0.298 e. The summed E-state index contributed by atoms with van der Waals surface area (Å²) in [5.74, 6) is 0. The summed E-state index contributed by atoms with van der Waals surface area (Å²) in [5.41, 5.74) is 1.10. The average Bonchev–Trinajstić information content (AvgIpc) is 2.15. The van der Waals surface area contributed by atoms with E-state index in [4.69, 9.17) is 5.26 Å². The van der Waals surface area contributed by atoms with Crippen LogP contribution in [-0.4, -0.2) is 11.5 Å². The molecule has 0 spiro atoms. The van der Waals surface area contributed by atoms with Crippen LogP contribution in [0.25, 0.3) is 0 Å². The van der Waals surface area contributed by atoms with Crippen LogP contribution >= 0.6 is 0 Å². The van der Waals surface area contributed by atoms with E-state index in [0.29, 0.717) is 6.54 Å². The van der Waals surface area contributed by atoms with Gasteiger partial charge in [0.1, 0.15) is 0 Å². The Morgan fingerprint density at radius 2 is 2.58 bits per heavy atom. The number of pyridine rings is 1. The number of nitriles is 1. The van der Waals surface area contributed by atoms with Gasteiger partial charge in [0.05, 0.1) is 12.6 Å². The Morgan fingerprint density at radius 3 is 3.17 bits per heavy atom. The summed E-state index contributed by atoms with van der Waals surface area (Å²) in [4.78, 5) is 3.99. The molecule has 1 heterocycles. The number of hydrogen-bond donors (Lipinski definition) is 1. The van der Waals surface area contributed by atoms with Gasteiger partial charge in [-0.1, -0.05) is 6.07 Å². The molecule has 0 saturated carbocycles. The van der Waals surface area contributed by atoms with Crippen LogP contribution in [0.5, 0.6) is 0 Å². The lowest BCUT2D eigenvalue weighted by Crippen LogP contribution is -2.18. The highest BCUT2D eigenvalue weighted by Gasteiger charge is 2.01. The fourth-order valence-corrected chi connectivity index (χ4v) is 0.949. The standard InChI is InChI=1S/C9H11N3/c1-8(12-6-4-10)9-3-2-5-11-7-9/h2-3,5,7-8,12H,6H2,1H3/t8-/m0/s1. The first kappa shape index (κ1) is 8.69. The Kier molecular flexibility index (Phi) is 3.24. The van der Waals surface area contributed by atoms with Gasteiger partial charge in [-0.2, -0.15) is 5.26 Å². The predicted octanol–water partition coefficient (Wildman–Crippen LogP) is 1.26. The van der Waals surface area contributed by atoms with E-state index >= 15 is 0 Å². The highest BCUT2D eigenvalue weighted by Crippen LogP contribution is 2.08. The minimum absolute atomic E-state index is 0.193. The molecule has 1 aromatic rings. The zero-order chi connectivity index (χ0) is 8.81. The van der Waals surface area contributed by atoms with Crippen molar-refractivity contribution >= 4 is 0 Å². The zero-order valence-corrected chi connectivity index (χ0v) is 6.99. The molecule has 1 aromatic heterocycles. The van der Waals surface area contributed by atoms with E-state index in [1.54, 1.807) is 12.4 Å². The van der Waals surface area contributed by atoms with E-state index < -0.39 is 0 Å². The lowest BCUT2D eigenvalue weighted by Gasteiger charge is -2.09. The van der Waals surface area contributed by atoms with Gasteiger partial charge >= 0.3 is 0 Å². The lowest BCUT2D eigenvalue weighted by atomic mass is 10.1. The van der Waals surface area contributed by atoms with Crippen molar-refractivity contribution in [2.24, 2.45) is 0 Å². The number of aromatic nitrogens is 1. The highest BCUT2D eigenvalue weighted by molar-refractivity contribution is 5.12. The molecule has 0 radical (unpaired) electrons. The van der Waals surface area contributed by atoms with Crippen LogP contribution in [-0.2, 0) is 0 Å². The van der Waals surface area contributed by atoms with Crippen LogP contribution in [0.15, 0.2) is 24.5 Å². The summed E-state index contributed by atoms with van der Waals surface area (Å²) < 4.78 is 0. The monoisotopic (exact) mass is 161 g/mol. The molecule has 0 unspecified atom stereocenters. The van der Waals surface area contributed by atoms with Crippen LogP contribution in [0.2, 0.25) is 0 Å². The molecule has 0 saturated heterocycles.